The standard InChI is InChI=1S/C17H24Cl2N2O2/c1-3-8-21-9-6-13(7-10-21)20-17(22)12(2)23-14-4-5-15(18)16(19)11-14/h4-5,11-13H,3,6-10H2,1-2H3,(H,20,22). The molecule has 1 N–H and O–H groups in total. The predicted octanol–water partition coefficient (Wildman–Crippen LogP) is 3.75. The summed E-state index contributed by atoms with van der Waals surface area (Å²) in [7, 11) is 0. The average Bonchev–Trinajstić information content (AvgIpc) is 2.53. The van der Waals surface area contributed by atoms with Crippen LogP contribution < -0.4 is 10.1 Å². The third-order valence-electron chi connectivity index (χ3n) is 4.05. The molecule has 0 spiro atoms. The molecular weight excluding hydrogens is 335 g/mol. The lowest BCUT2D eigenvalue weighted by atomic mass is 10.0. The second kappa shape index (κ2) is 8.76. The van der Waals surface area contributed by atoms with Crippen LogP contribution in [0.3, 0.4) is 0 Å². The first kappa shape index (κ1) is 18.4. The van der Waals surface area contributed by atoms with Crippen molar-refractivity contribution in [3.8, 4) is 5.75 Å². The van der Waals surface area contributed by atoms with Crippen LogP contribution >= 0.6 is 23.2 Å². The molecule has 1 aliphatic heterocycles. The number of piperidine rings is 1. The van der Waals surface area contributed by atoms with Gasteiger partial charge in [-0.2, -0.15) is 0 Å². The molecule has 0 radical (unpaired) electrons. The van der Waals surface area contributed by atoms with E-state index in [0.29, 0.717) is 15.8 Å². The maximum Gasteiger partial charge on any atom is 0.260 e. The van der Waals surface area contributed by atoms with Crippen LogP contribution in [-0.4, -0.2) is 42.6 Å². The van der Waals surface area contributed by atoms with Crippen LogP contribution in [0.1, 0.15) is 33.1 Å². The fourth-order valence-corrected chi connectivity index (χ4v) is 3.03. The molecule has 0 saturated carbocycles. The summed E-state index contributed by atoms with van der Waals surface area (Å²) in [5.74, 6) is 0.449. The SMILES string of the molecule is CCCN1CCC(NC(=O)C(C)Oc2ccc(Cl)c(Cl)c2)CC1. The Morgan fingerprint density at radius 3 is 2.65 bits per heavy atom. The van der Waals surface area contributed by atoms with Gasteiger partial charge in [-0.25, -0.2) is 0 Å². The third-order valence-corrected chi connectivity index (χ3v) is 4.79. The van der Waals surface area contributed by atoms with Gasteiger partial charge in [-0.05, 0) is 44.9 Å². The summed E-state index contributed by atoms with van der Waals surface area (Å²) in [5, 5.41) is 3.96. The molecule has 23 heavy (non-hydrogen) atoms. The van der Waals surface area contributed by atoms with Gasteiger partial charge in [-0.3, -0.25) is 4.79 Å². The number of ether oxygens (including phenoxy) is 1. The number of likely N-dealkylation sites (tertiary alicyclic amines) is 1. The summed E-state index contributed by atoms with van der Waals surface area (Å²) < 4.78 is 5.65. The molecule has 1 aromatic rings. The van der Waals surface area contributed by atoms with Gasteiger partial charge in [0.25, 0.3) is 5.91 Å². The van der Waals surface area contributed by atoms with Crippen molar-refractivity contribution in [1.29, 1.82) is 0 Å². The number of carbonyl (C=O) groups is 1. The minimum atomic E-state index is -0.569. The minimum Gasteiger partial charge on any atom is -0.481 e. The smallest absolute Gasteiger partial charge is 0.260 e. The number of hydrogen-bond donors (Lipinski definition) is 1. The molecule has 6 heteroatoms. The van der Waals surface area contributed by atoms with Crippen LogP contribution in [0.2, 0.25) is 10.0 Å². The highest BCUT2D eigenvalue weighted by Gasteiger charge is 2.23. The lowest BCUT2D eigenvalue weighted by Gasteiger charge is -2.32. The molecule has 2 rings (SSSR count). The fourth-order valence-electron chi connectivity index (χ4n) is 2.74. The van der Waals surface area contributed by atoms with Gasteiger partial charge in [0.1, 0.15) is 5.75 Å². The molecule has 1 saturated heterocycles. The molecule has 4 nitrogen and oxygen atoms in total. The lowest BCUT2D eigenvalue weighted by Crippen LogP contribution is -2.48. The van der Waals surface area contributed by atoms with Crippen LogP contribution in [0.15, 0.2) is 18.2 Å². The average molecular weight is 359 g/mol. The Kier molecular flexibility index (Phi) is 7.00. The third kappa shape index (κ3) is 5.55. The van der Waals surface area contributed by atoms with E-state index in [1.165, 1.54) is 6.42 Å². The first-order valence-corrected chi connectivity index (χ1v) is 8.89. The van der Waals surface area contributed by atoms with Crippen LogP contribution in [0.25, 0.3) is 0 Å². The minimum absolute atomic E-state index is 0.0926. The van der Waals surface area contributed by atoms with Gasteiger partial charge in [-0.15, -0.1) is 0 Å². The van der Waals surface area contributed by atoms with Crippen molar-refractivity contribution < 1.29 is 9.53 Å². The Bertz CT molecular complexity index is 531. The van der Waals surface area contributed by atoms with Crippen LogP contribution in [-0.2, 0) is 4.79 Å². The van der Waals surface area contributed by atoms with Gasteiger partial charge in [0.05, 0.1) is 10.0 Å². The number of hydrogen-bond acceptors (Lipinski definition) is 3. The number of nitrogens with one attached hydrogen (secondary N) is 1. The lowest BCUT2D eigenvalue weighted by molar-refractivity contribution is -0.128. The van der Waals surface area contributed by atoms with Crippen molar-refractivity contribution >= 4 is 29.1 Å². The van der Waals surface area contributed by atoms with Crippen molar-refractivity contribution in [2.24, 2.45) is 0 Å². The first-order valence-electron chi connectivity index (χ1n) is 8.14. The monoisotopic (exact) mass is 358 g/mol. The number of carbonyl (C=O) groups excluding carboxylic acids is 1. The zero-order chi connectivity index (χ0) is 16.8. The molecule has 1 aromatic carbocycles. The highest BCUT2D eigenvalue weighted by Crippen LogP contribution is 2.26. The van der Waals surface area contributed by atoms with E-state index in [2.05, 4.69) is 17.1 Å². The van der Waals surface area contributed by atoms with Crippen LogP contribution in [0.5, 0.6) is 5.75 Å². The quantitative estimate of drug-likeness (QED) is 0.841. The number of nitrogens with zero attached hydrogens (tertiary/aromatic N) is 1. The van der Waals surface area contributed by atoms with Gasteiger partial charge < -0.3 is 15.0 Å². The summed E-state index contributed by atoms with van der Waals surface area (Å²) in [6.07, 6.45) is 2.59. The Morgan fingerprint density at radius 1 is 1.35 bits per heavy atom. The maximum atomic E-state index is 12.3. The van der Waals surface area contributed by atoms with Crippen molar-refractivity contribution in [2.45, 2.75) is 45.3 Å². The number of benzene rings is 1. The highest BCUT2D eigenvalue weighted by molar-refractivity contribution is 6.42. The van der Waals surface area contributed by atoms with E-state index < -0.39 is 6.10 Å². The normalized spacial score (nSPS) is 17.7. The van der Waals surface area contributed by atoms with Crippen molar-refractivity contribution in [1.82, 2.24) is 10.2 Å². The molecule has 1 fully saturated rings. The largest absolute Gasteiger partial charge is 0.481 e. The van der Waals surface area contributed by atoms with Gasteiger partial charge in [0, 0.05) is 25.2 Å². The Labute approximate surface area is 148 Å². The Balaban J connectivity index is 1.80. The molecular formula is C17H24Cl2N2O2. The summed E-state index contributed by atoms with van der Waals surface area (Å²) >= 11 is 11.8. The van der Waals surface area contributed by atoms with Crippen LogP contribution in [0, 0.1) is 0 Å². The van der Waals surface area contributed by atoms with Crippen LogP contribution in [0.4, 0.5) is 0 Å². The van der Waals surface area contributed by atoms with Gasteiger partial charge in [-0.1, -0.05) is 30.1 Å². The van der Waals surface area contributed by atoms with Crippen molar-refractivity contribution in [2.75, 3.05) is 19.6 Å². The molecule has 128 valence electrons. The first-order chi connectivity index (χ1) is 11.0. The van der Waals surface area contributed by atoms with Crippen molar-refractivity contribution in [3.63, 3.8) is 0 Å². The zero-order valence-corrected chi connectivity index (χ0v) is 15.2. The molecule has 1 unspecified atom stereocenters. The molecule has 1 atom stereocenters. The fraction of sp³-hybridized carbons (Fsp3) is 0.588. The van der Waals surface area contributed by atoms with Gasteiger partial charge in [0.15, 0.2) is 6.10 Å². The van der Waals surface area contributed by atoms with Crippen molar-refractivity contribution in [3.05, 3.63) is 28.2 Å². The topological polar surface area (TPSA) is 41.6 Å². The maximum absolute atomic E-state index is 12.3. The second-order valence-electron chi connectivity index (χ2n) is 5.96. The number of halogens is 2. The van der Waals surface area contributed by atoms with E-state index in [0.717, 1.165) is 32.5 Å². The summed E-state index contributed by atoms with van der Waals surface area (Å²) in [4.78, 5) is 14.7. The van der Waals surface area contributed by atoms with Gasteiger partial charge in [0.2, 0.25) is 0 Å². The summed E-state index contributed by atoms with van der Waals surface area (Å²) in [6.45, 7) is 7.15. The van der Waals surface area contributed by atoms with Gasteiger partial charge >= 0.3 is 0 Å². The van der Waals surface area contributed by atoms with E-state index in [4.69, 9.17) is 27.9 Å². The van der Waals surface area contributed by atoms with E-state index in [1.54, 1.807) is 25.1 Å². The van der Waals surface area contributed by atoms with E-state index >= 15 is 0 Å². The molecule has 1 amide bonds. The Morgan fingerprint density at radius 2 is 2.04 bits per heavy atom. The summed E-state index contributed by atoms with van der Waals surface area (Å²) in [6, 6.07) is 5.22. The summed E-state index contributed by atoms with van der Waals surface area (Å²) in [5.41, 5.74) is 0. The number of rotatable bonds is 6. The van der Waals surface area contributed by atoms with E-state index in [1.807, 2.05) is 0 Å². The molecule has 1 heterocycles. The molecule has 0 bridgehead atoms. The molecule has 1 aliphatic rings. The molecule has 0 aliphatic carbocycles. The van der Waals surface area contributed by atoms with E-state index in [9.17, 15) is 4.79 Å². The highest BCUT2D eigenvalue weighted by atomic mass is 35.5. The number of amides is 1. The molecule has 0 aromatic heterocycles. The predicted molar refractivity (Wildman–Crippen MR) is 94.4 cm³/mol. The Hall–Kier alpha value is -0.970. The van der Waals surface area contributed by atoms with E-state index in [-0.39, 0.29) is 11.9 Å². The second-order valence-corrected chi connectivity index (χ2v) is 6.77. The zero-order valence-electron chi connectivity index (χ0n) is 13.6.